The molecule has 0 spiro atoms. The molecule has 0 aromatic heterocycles. The summed E-state index contributed by atoms with van der Waals surface area (Å²) in [5.41, 5.74) is 0.840. The molecule has 1 aliphatic heterocycles. The van der Waals surface area contributed by atoms with Crippen molar-refractivity contribution in [1.29, 1.82) is 0 Å². The number of carbonyl (C=O) groups excluding carboxylic acids is 2. The molecule has 0 bridgehead atoms. The van der Waals surface area contributed by atoms with Crippen LogP contribution in [0.5, 0.6) is 0 Å². The first-order valence-electron chi connectivity index (χ1n) is 6.28. The van der Waals surface area contributed by atoms with Gasteiger partial charge in [-0.2, -0.15) is 0 Å². The number of thioether (sulfide) groups is 1. The van der Waals surface area contributed by atoms with E-state index < -0.39 is 0 Å². The standard InChI is InChI=1S/C14H16FNO2S/c1-9(17)5-6-13(18)16-12-7-8-19-14-10(12)3-2-4-11(14)15/h2-4,12H,5-8H2,1H3,(H,16,18). The molecular weight excluding hydrogens is 265 g/mol. The van der Waals surface area contributed by atoms with Gasteiger partial charge in [-0.1, -0.05) is 12.1 Å². The predicted molar refractivity (Wildman–Crippen MR) is 72.5 cm³/mol. The fraction of sp³-hybridized carbons (Fsp3) is 0.429. The minimum atomic E-state index is -0.231. The lowest BCUT2D eigenvalue weighted by Crippen LogP contribution is -2.31. The summed E-state index contributed by atoms with van der Waals surface area (Å²) in [5, 5.41) is 2.89. The highest BCUT2D eigenvalue weighted by molar-refractivity contribution is 7.99. The molecule has 2 rings (SSSR count). The third-order valence-corrected chi connectivity index (χ3v) is 4.22. The summed E-state index contributed by atoms with van der Waals surface area (Å²) in [4.78, 5) is 23.2. The highest BCUT2D eigenvalue weighted by Crippen LogP contribution is 2.37. The van der Waals surface area contributed by atoms with E-state index in [-0.39, 0.29) is 36.4 Å². The predicted octanol–water partition coefficient (Wildman–Crippen LogP) is 2.85. The molecule has 0 saturated carbocycles. The highest BCUT2D eigenvalue weighted by atomic mass is 32.2. The van der Waals surface area contributed by atoms with Crippen LogP contribution in [0.25, 0.3) is 0 Å². The molecule has 1 heterocycles. The van der Waals surface area contributed by atoms with Gasteiger partial charge in [0.2, 0.25) is 5.91 Å². The van der Waals surface area contributed by atoms with Gasteiger partial charge in [0.1, 0.15) is 11.6 Å². The van der Waals surface area contributed by atoms with Crippen molar-refractivity contribution in [3.63, 3.8) is 0 Å². The minimum absolute atomic E-state index is 0.000735. The molecular formula is C14H16FNO2S. The first-order chi connectivity index (χ1) is 9.08. The van der Waals surface area contributed by atoms with Crippen LogP contribution >= 0.6 is 11.8 Å². The van der Waals surface area contributed by atoms with Crippen LogP contribution in [0, 0.1) is 5.82 Å². The maximum Gasteiger partial charge on any atom is 0.220 e. The van der Waals surface area contributed by atoms with Gasteiger partial charge in [-0.05, 0) is 25.0 Å². The van der Waals surface area contributed by atoms with E-state index in [0.717, 1.165) is 17.7 Å². The lowest BCUT2D eigenvalue weighted by molar-refractivity contribution is -0.125. The van der Waals surface area contributed by atoms with Crippen molar-refractivity contribution in [2.24, 2.45) is 0 Å². The summed E-state index contributed by atoms with van der Waals surface area (Å²) in [6.45, 7) is 1.47. The number of nitrogens with one attached hydrogen (secondary N) is 1. The average molecular weight is 281 g/mol. The zero-order valence-corrected chi connectivity index (χ0v) is 11.6. The molecule has 1 atom stereocenters. The van der Waals surface area contributed by atoms with Crippen molar-refractivity contribution in [2.75, 3.05) is 5.75 Å². The van der Waals surface area contributed by atoms with Crippen molar-refractivity contribution in [3.8, 4) is 0 Å². The summed E-state index contributed by atoms with van der Waals surface area (Å²) in [6.07, 6.45) is 1.24. The topological polar surface area (TPSA) is 46.2 Å². The van der Waals surface area contributed by atoms with Crippen LogP contribution < -0.4 is 5.32 Å². The normalized spacial score (nSPS) is 17.7. The zero-order valence-electron chi connectivity index (χ0n) is 10.7. The van der Waals surface area contributed by atoms with Gasteiger partial charge >= 0.3 is 0 Å². The van der Waals surface area contributed by atoms with E-state index in [0.29, 0.717) is 4.90 Å². The molecule has 0 aliphatic carbocycles. The van der Waals surface area contributed by atoms with Crippen LogP contribution in [0.2, 0.25) is 0 Å². The molecule has 3 nitrogen and oxygen atoms in total. The number of hydrogen-bond donors (Lipinski definition) is 1. The lowest BCUT2D eigenvalue weighted by Gasteiger charge is -2.26. The lowest BCUT2D eigenvalue weighted by atomic mass is 10.0. The average Bonchev–Trinajstić information content (AvgIpc) is 2.38. The van der Waals surface area contributed by atoms with E-state index >= 15 is 0 Å². The SMILES string of the molecule is CC(=O)CCC(=O)NC1CCSc2c(F)cccc21. The largest absolute Gasteiger partial charge is 0.349 e. The van der Waals surface area contributed by atoms with Crippen molar-refractivity contribution in [1.82, 2.24) is 5.32 Å². The molecule has 1 aromatic carbocycles. The Bertz CT molecular complexity index is 504. The first-order valence-corrected chi connectivity index (χ1v) is 7.26. The Kier molecular flexibility index (Phi) is 4.58. The first kappa shape index (κ1) is 14.1. The van der Waals surface area contributed by atoms with Gasteiger partial charge in [0.25, 0.3) is 0 Å². The molecule has 0 radical (unpaired) electrons. The number of carbonyl (C=O) groups is 2. The summed E-state index contributed by atoms with van der Waals surface area (Å²) in [7, 11) is 0. The summed E-state index contributed by atoms with van der Waals surface area (Å²) < 4.78 is 13.7. The van der Waals surface area contributed by atoms with Gasteiger partial charge in [0.15, 0.2) is 0 Å². The zero-order chi connectivity index (χ0) is 13.8. The number of rotatable bonds is 4. The fourth-order valence-corrected chi connectivity index (χ4v) is 3.23. The number of hydrogen-bond acceptors (Lipinski definition) is 3. The Labute approximate surface area is 116 Å². The van der Waals surface area contributed by atoms with Crippen molar-refractivity contribution in [2.45, 2.75) is 37.1 Å². The Hall–Kier alpha value is -1.36. The second kappa shape index (κ2) is 6.19. The van der Waals surface area contributed by atoms with Crippen molar-refractivity contribution in [3.05, 3.63) is 29.6 Å². The van der Waals surface area contributed by atoms with E-state index in [4.69, 9.17) is 0 Å². The monoisotopic (exact) mass is 281 g/mol. The van der Waals surface area contributed by atoms with E-state index in [1.807, 2.05) is 6.07 Å². The number of halogens is 1. The molecule has 1 N–H and O–H groups in total. The van der Waals surface area contributed by atoms with E-state index in [2.05, 4.69) is 5.32 Å². The van der Waals surface area contributed by atoms with Gasteiger partial charge in [-0.3, -0.25) is 4.79 Å². The third-order valence-electron chi connectivity index (χ3n) is 3.07. The van der Waals surface area contributed by atoms with Gasteiger partial charge in [-0.25, -0.2) is 4.39 Å². The number of benzene rings is 1. The van der Waals surface area contributed by atoms with Gasteiger partial charge in [-0.15, -0.1) is 11.8 Å². The molecule has 5 heteroatoms. The highest BCUT2D eigenvalue weighted by Gasteiger charge is 2.24. The van der Waals surface area contributed by atoms with Crippen LogP contribution in [0.1, 0.15) is 37.8 Å². The van der Waals surface area contributed by atoms with Crippen molar-refractivity contribution >= 4 is 23.5 Å². The molecule has 0 saturated heterocycles. The van der Waals surface area contributed by atoms with E-state index in [9.17, 15) is 14.0 Å². The number of amides is 1. The molecule has 1 amide bonds. The second-order valence-electron chi connectivity index (χ2n) is 4.62. The fourth-order valence-electron chi connectivity index (χ4n) is 2.09. The summed E-state index contributed by atoms with van der Waals surface area (Å²) in [6, 6.07) is 4.80. The molecule has 1 unspecified atom stereocenters. The summed E-state index contributed by atoms with van der Waals surface area (Å²) >= 11 is 1.48. The quantitative estimate of drug-likeness (QED) is 0.923. The van der Waals surface area contributed by atoms with Gasteiger partial charge < -0.3 is 10.1 Å². The molecule has 1 aromatic rings. The van der Waals surface area contributed by atoms with E-state index in [1.165, 1.54) is 24.8 Å². The smallest absolute Gasteiger partial charge is 0.220 e. The van der Waals surface area contributed by atoms with Crippen LogP contribution in [-0.4, -0.2) is 17.4 Å². The second-order valence-corrected chi connectivity index (χ2v) is 5.72. The maximum absolute atomic E-state index is 13.7. The van der Waals surface area contributed by atoms with Crippen LogP contribution in [0.15, 0.2) is 23.1 Å². The number of Topliss-reactive ketones (excluding diaryl/α,β-unsaturated/α-hetero) is 1. The minimum Gasteiger partial charge on any atom is -0.349 e. The molecule has 102 valence electrons. The van der Waals surface area contributed by atoms with Crippen LogP contribution in [0.4, 0.5) is 4.39 Å². The summed E-state index contributed by atoms with van der Waals surface area (Å²) in [5.74, 6) is 0.402. The Morgan fingerprint density at radius 1 is 1.42 bits per heavy atom. The van der Waals surface area contributed by atoms with Gasteiger partial charge in [0.05, 0.1) is 6.04 Å². The maximum atomic E-state index is 13.7. The molecule has 1 aliphatic rings. The van der Waals surface area contributed by atoms with Crippen LogP contribution in [0.3, 0.4) is 0 Å². The Morgan fingerprint density at radius 3 is 2.95 bits per heavy atom. The molecule has 19 heavy (non-hydrogen) atoms. The Morgan fingerprint density at radius 2 is 2.21 bits per heavy atom. The van der Waals surface area contributed by atoms with Crippen LogP contribution in [-0.2, 0) is 9.59 Å². The number of ketones is 1. The Balaban J connectivity index is 2.05. The van der Waals surface area contributed by atoms with Gasteiger partial charge in [0, 0.05) is 23.5 Å². The van der Waals surface area contributed by atoms with E-state index in [1.54, 1.807) is 6.07 Å². The molecule has 0 fully saturated rings. The van der Waals surface area contributed by atoms with Crippen molar-refractivity contribution < 1.29 is 14.0 Å². The number of fused-ring (bicyclic) bond motifs is 1. The third kappa shape index (κ3) is 3.56.